The number of rotatable bonds is 5. The smallest absolute Gasteiger partial charge is 0.298 e. The van der Waals surface area contributed by atoms with Gasteiger partial charge in [0.25, 0.3) is 11.1 Å². The third-order valence-corrected chi connectivity index (χ3v) is 6.06. The molecule has 0 fully saturated rings. The second kappa shape index (κ2) is 8.88. The zero-order chi connectivity index (χ0) is 21.9. The highest BCUT2D eigenvalue weighted by Gasteiger charge is 2.22. The van der Waals surface area contributed by atoms with Crippen molar-refractivity contribution < 1.29 is 13.9 Å². The van der Waals surface area contributed by atoms with Crippen LogP contribution in [-0.4, -0.2) is 26.7 Å². The fraction of sp³-hybridized carbons (Fsp3) is 0.160. The van der Waals surface area contributed by atoms with Crippen LogP contribution in [-0.2, 0) is 19.4 Å². The first-order chi connectivity index (χ1) is 15.6. The zero-order valence-corrected chi connectivity index (χ0v) is 18.0. The van der Waals surface area contributed by atoms with Gasteiger partial charge in [0.05, 0.1) is 0 Å². The highest BCUT2D eigenvalue weighted by molar-refractivity contribution is 7.07. The summed E-state index contributed by atoms with van der Waals surface area (Å²) in [5.74, 6) is 0.861. The number of nitrogens with zero attached hydrogens (tertiary/aromatic N) is 3. The van der Waals surface area contributed by atoms with Crippen LogP contribution in [0.1, 0.15) is 32.9 Å². The molecule has 5 nitrogen and oxygen atoms in total. The van der Waals surface area contributed by atoms with Crippen molar-refractivity contribution in [2.75, 3.05) is 6.54 Å². The second-order valence-electron chi connectivity index (χ2n) is 7.66. The first-order valence-electron chi connectivity index (χ1n) is 10.3. The molecule has 0 bridgehead atoms. The molecule has 1 aliphatic heterocycles. The molecule has 7 heteroatoms. The lowest BCUT2D eigenvalue weighted by atomic mass is 9.99. The molecule has 0 N–H and O–H groups in total. The van der Waals surface area contributed by atoms with E-state index in [0.29, 0.717) is 41.8 Å². The van der Waals surface area contributed by atoms with Gasteiger partial charge in [0, 0.05) is 36.6 Å². The largest absolute Gasteiger partial charge is 0.430 e. The summed E-state index contributed by atoms with van der Waals surface area (Å²) in [5, 5.41) is 0.401. The molecule has 1 aromatic heterocycles. The molecule has 1 amide bonds. The number of carbonyl (C=O) groups excluding carboxylic acids is 1. The summed E-state index contributed by atoms with van der Waals surface area (Å²) in [6.45, 7) is 1.31. The van der Waals surface area contributed by atoms with E-state index in [4.69, 9.17) is 4.74 Å². The minimum Gasteiger partial charge on any atom is -0.430 e. The van der Waals surface area contributed by atoms with Gasteiger partial charge >= 0.3 is 0 Å². The Morgan fingerprint density at radius 3 is 2.69 bits per heavy atom. The lowest BCUT2D eigenvalue weighted by molar-refractivity contribution is 0.0734. The maximum atomic E-state index is 13.1. The molecular weight excluding hydrogens is 425 g/mol. The summed E-state index contributed by atoms with van der Waals surface area (Å²) >= 11 is 1.15. The van der Waals surface area contributed by atoms with Gasteiger partial charge in [-0.1, -0.05) is 42.5 Å². The van der Waals surface area contributed by atoms with Crippen LogP contribution in [0.2, 0.25) is 0 Å². The predicted molar refractivity (Wildman–Crippen MR) is 121 cm³/mol. The maximum absolute atomic E-state index is 13.1. The number of ether oxygens (including phenoxy) is 1. The highest BCUT2D eigenvalue weighted by Crippen LogP contribution is 2.26. The van der Waals surface area contributed by atoms with Gasteiger partial charge in [-0.25, -0.2) is 4.39 Å². The minimum absolute atomic E-state index is 0.0146. The van der Waals surface area contributed by atoms with E-state index in [-0.39, 0.29) is 11.7 Å². The van der Waals surface area contributed by atoms with Crippen LogP contribution < -0.4 is 4.74 Å². The number of benzene rings is 3. The molecule has 0 spiro atoms. The second-order valence-corrected chi connectivity index (χ2v) is 8.37. The third-order valence-electron chi connectivity index (χ3n) is 5.43. The van der Waals surface area contributed by atoms with Gasteiger partial charge < -0.3 is 9.64 Å². The number of hydrogen-bond donors (Lipinski definition) is 0. The van der Waals surface area contributed by atoms with Crippen molar-refractivity contribution in [1.82, 2.24) is 14.3 Å². The molecular formula is C25H20FN3O2S. The molecule has 0 saturated heterocycles. The number of aromatic nitrogens is 2. The fourth-order valence-electron chi connectivity index (χ4n) is 3.78. The van der Waals surface area contributed by atoms with Crippen LogP contribution in [0.5, 0.6) is 10.9 Å². The van der Waals surface area contributed by atoms with Crippen LogP contribution in [0.25, 0.3) is 0 Å². The van der Waals surface area contributed by atoms with Crippen LogP contribution in [0, 0.1) is 5.82 Å². The first kappa shape index (κ1) is 20.3. The van der Waals surface area contributed by atoms with Crippen LogP contribution in [0.4, 0.5) is 4.39 Å². The van der Waals surface area contributed by atoms with Gasteiger partial charge in [0.1, 0.15) is 11.6 Å². The van der Waals surface area contributed by atoms with Gasteiger partial charge in [-0.2, -0.15) is 9.36 Å². The number of fused-ring (bicyclic) bond motifs is 1. The third kappa shape index (κ3) is 4.53. The Morgan fingerprint density at radius 2 is 1.84 bits per heavy atom. The van der Waals surface area contributed by atoms with Crippen molar-refractivity contribution in [3.63, 3.8) is 0 Å². The van der Waals surface area contributed by atoms with E-state index in [0.717, 1.165) is 23.5 Å². The van der Waals surface area contributed by atoms with E-state index < -0.39 is 0 Å². The summed E-state index contributed by atoms with van der Waals surface area (Å²) in [7, 11) is 0. The minimum atomic E-state index is -0.271. The Kier molecular flexibility index (Phi) is 5.64. The van der Waals surface area contributed by atoms with Gasteiger partial charge in [-0.05, 0) is 53.4 Å². The molecule has 4 aromatic rings. The van der Waals surface area contributed by atoms with Gasteiger partial charge in [-0.3, -0.25) is 4.79 Å². The Bertz CT molecular complexity index is 1260. The molecule has 0 radical (unpaired) electrons. The molecule has 3 aromatic carbocycles. The van der Waals surface area contributed by atoms with Crippen molar-refractivity contribution in [1.29, 1.82) is 0 Å². The van der Waals surface area contributed by atoms with Gasteiger partial charge in [-0.15, -0.1) is 0 Å². The van der Waals surface area contributed by atoms with Crippen molar-refractivity contribution in [3.8, 4) is 10.9 Å². The summed E-state index contributed by atoms with van der Waals surface area (Å²) in [6, 6.07) is 21.7. The van der Waals surface area contributed by atoms with Crippen LogP contribution >= 0.6 is 11.5 Å². The average Bonchev–Trinajstić information content (AvgIpc) is 3.26. The van der Waals surface area contributed by atoms with Crippen LogP contribution in [0.3, 0.4) is 0 Å². The fourth-order valence-corrected chi connectivity index (χ4v) is 4.35. The van der Waals surface area contributed by atoms with Crippen molar-refractivity contribution in [2.45, 2.75) is 19.4 Å². The van der Waals surface area contributed by atoms with E-state index in [1.54, 1.807) is 36.4 Å². The average molecular weight is 446 g/mol. The van der Waals surface area contributed by atoms with E-state index in [9.17, 15) is 9.18 Å². The Labute approximate surface area is 189 Å². The summed E-state index contributed by atoms with van der Waals surface area (Å²) in [5.41, 5.74) is 4.01. The van der Waals surface area contributed by atoms with Gasteiger partial charge in [0.15, 0.2) is 5.82 Å². The van der Waals surface area contributed by atoms with Crippen molar-refractivity contribution >= 4 is 17.4 Å². The monoisotopic (exact) mass is 445 g/mol. The zero-order valence-electron chi connectivity index (χ0n) is 17.2. The summed E-state index contributed by atoms with van der Waals surface area (Å²) in [4.78, 5) is 19.3. The van der Waals surface area contributed by atoms with E-state index >= 15 is 0 Å². The molecule has 0 aliphatic carbocycles. The van der Waals surface area contributed by atoms with Crippen molar-refractivity contribution in [3.05, 3.63) is 107 Å². The van der Waals surface area contributed by atoms with E-state index in [1.807, 2.05) is 17.0 Å². The number of halogens is 1. The SMILES string of the molecule is O=C(c1cccc(Oc2nc(Cc3ccc(F)cc3)ns2)c1)N1CCc2ccccc2C1. The van der Waals surface area contributed by atoms with Gasteiger partial charge in [0.2, 0.25) is 0 Å². The quantitative estimate of drug-likeness (QED) is 0.421. The molecule has 5 rings (SSSR count). The van der Waals surface area contributed by atoms with E-state index in [2.05, 4.69) is 21.5 Å². The first-order valence-corrected chi connectivity index (χ1v) is 11.1. The molecule has 160 valence electrons. The summed E-state index contributed by atoms with van der Waals surface area (Å²) in [6.07, 6.45) is 1.36. The topological polar surface area (TPSA) is 55.3 Å². The number of hydrogen-bond acceptors (Lipinski definition) is 5. The molecule has 32 heavy (non-hydrogen) atoms. The van der Waals surface area contributed by atoms with E-state index in [1.165, 1.54) is 23.3 Å². The lowest BCUT2D eigenvalue weighted by Crippen LogP contribution is -2.35. The highest BCUT2D eigenvalue weighted by atomic mass is 32.1. The maximum Gasteiger partial charge on any atom is 0.298 e. The molecule has 2 heterocycles. The molecule has 0 atom stereocenters. The molecule has 0 saturated carbocycles. The van der Waals surface area contributed by atoms with Crippen LogP contribution in [0.15, 0.2) is 72.8 Å². The Morgan fingerprint density at radius 1 is 1.03 bits per heavy atom. The standard InChI is InChI=1S/C25H20FN3O2S/c26-21-10-8-17(9-11-21)14-23-27-25(32-28-23)31-22-7-3-6-19(15-22)24(30)29-13-12-18-4-1-2-5-20(18)16-29/h1-11,15H,12-14,16H2. The predicted octanol–water partition coefficient (Wildman–Crippen LogP) is 5.26. The number of carbonyl (C=O) groups is 1. The number of amides is 1. The van der Waals surface area contributed by atoms with Crippen molar-refractivity contribution in [2.24, 2.45) is 0 Å². The summed E-state index contributed by atoms with van der Waals surface area (Å²) < 4.78 is 23.3. The normalized spacial score (nSPS) is 13.0. The molecule has 1 aliphatic rings. The Balaban J connectivity index is 1.26. The molecule has 0 unspecified atom stereocenters. The Hall–Kier alpha value is -3.58. The lowest BCUT2D eigenvalue weighted by Gasteiger charge is -2.29.